The number of nitrogens with zero attached hydrogens (tertiary/aromatic N) is 4. The van der Waals surface area contributed by atoms with E-state index >= 15 is 0 Å². The van der Waals surface area contributed by atoms with Crippen LogP contribution in [0.5, 0.6) is 0 Å². The zero-order valence-electron chi connectivity index (χ0n) is 19.0. The van der Waals surface area contributed by atoms with Gasteiger partial charge in [-0.1, -0.05) is 54.6 Å². The number of rotatable bonds is 5. The number of hydrogen-bond donors (Lipinski definition) is 0. The summed E-state index contributed by atoms with van der Waals surface area (Å²) in [4.78, 5) is 20.7. The Morgan fingerprint density at radius 3 is 2.56 bits per heavy atom. The van der Waals surface area contributed by atoms with Crippen molar-refractivity contribution in [2.24, 2.45) is 0 Å². The van der Waals surface area contributed by atoms with Crippen molar-refractivity contribution in [3.8, 4) is 28.5 Å². The molecule has 1 atom stereocenters. The third-order valence-corrected chi connectivity index (χ3v) is 6.46. The van der Waals surface area contributed by atoms with E-state index in [1.807, 2.05) is 59.3 Å². The zero-order chi connectivity index (χ0) is 23.3. The molecule has 0 bridgehead atoms. The first-order valence-corrected chi connectivity index (χ1v) is 11.7. The largest absolute Gasteiger partial charge is 0.310 e. The van der Waals surface area contributed by atoms with Crippen LogP contribution in [0.25, 0.3) is 22.4 Å². The standard InChI is InChI=1S/C29H26N4O/c30-18-23-11-4-5-13-26(23)27-17-24(28-14-6-7-15-31-28)20-33(29(27)34)25-12-8-16-32(21-25)19-22-9-2-1-3-10-22/h1-7,9-11,13-15,17,20,25H,8,12,16,19,21H2. The lowest BCUT2D eigenvalue weighted by Gasteiger charge is -2.34. The molecule has 1 aliphatic heterocycles. The van der Waals surface area contributed by atoms with Gasteiger partial charge < -0.3 is 4.57 Å². The highest BCUT2D eigenvalue weighted by Crippen LogP contribution is 2.28. The average molecular weight is 447 g/mol. The Balaban J connectivity index is 1.57. The van der Waals surface area contributed by atoms with Gasteiger partial charge in [0.2, 0.25) is 0 Å². The minimum absolute atomic E-state index is 0.0571. The molecular formula is C29H26N4O. The van der Waals surface area contributed by atoms with Crippen molar-refractivity contribution in [2.45, 2.75) is 25.4 Å². The molecule has 1 aliphatic rings. The second-order valence-corrected chi connectivity index (χ2v) is 8.74. The van der Waals surface area contributed by atoms with Gasteiger partial charge in [-0.05, 0) is 49.2 Å². The highest BCUT2D eigenvalue weighted by Gasteiger charge is 2.24. The molecule has 3 heterocycles. The summed E-state index contributed by atoms with van der Waals surface area (Å²) in [7, 11) is 0. The van der Waals surface area contributed by atoms with Gasteiger partial charge in [0.05, 0.1) is 17.3 Å². The molecule has 2 aromatic carbocycles. The summed E-state index contributed by atoms with van der Waals surface area (Å²) in [5.74, 6) is 0. The maximum Gasteiger partial charge on any atom is 0.258 e. The fourth-order valence-electron chi connectivity index (χ4n) is 4.80. The molecule has 34 heavy (non-hydrogen) atoms. The van der Waals surface area contributed by atoms with E-state index in [-0.39, 0.29) is 11.6 Å². The molecule has 0 aliphatic carbocycles. The van der Waals surface area contributed by atoms with Gasteiger partial charge in [0.25, 0.3) is 5.56 Å². The molecule has 1 fully saturated rings. The van der Waals surface area contributed by atoms with E-state index in [0.717, 1.165) is 43.7 Å². The highest BCUT2D eigenvalue weighted by atomic mass is 16.1. The van der Waals surface area contributed by atoms with Crippen molar-refractivity contribution in [2.75, 3.05) is 13.1 Å². The van der Waals surface area contributed by atoms with Crippen LogP contribution in [0, 0.1) is 11.3 Å². The van der Waals surface area contributed by atoms with Crippen molar-refractivity contribution in [3.05, 3.63) is 113 Å². The SMILES string of the molecule is N#Cc1ccccc1-c1cc(-c2ccccn2)cn(C2CCCN(Cc3ccccc3)C2)c1=O. The van der Waals surface area contributed by atoms with E-state index in [0.29, 0.717) is 16.7 Å². The van der Waals surface area contributed by atoms with Crippen molar-refractivity contribution >= 4 is 0 Å². The Morgan fingerprint density at radius 1 is 0.971 bits per heavy atom. The van der Waals surface area contributed by atoms with Gasteiger partial charge in [-0.2, -0.15) is 5.26 Å². The predicted molar refractivity (Wildman–Crippen MR) is 134 cm³/mol. The lowest BCUT2D eigenvalue weighted by atomic mass is 9.98. The summed E-state index contributed by atoms with van der Waals surface area (Å²) in [6.45, 7) is 2.69. The molecule has 1 unspecified atom stereocenters. The number of hydrogen-bond acceptors (Lipinski definition) is 4. The molecule has 0 saturated carbocycles. The monoisotopic (exact) mass is 446 g/mol. The van der Waals surface area contributed by atoms with Crippen molar-refractivity contribution in [3.63, 3.8) is 0 Å². The summed E-state index contributed by atoms with van der Waals surface area (Å²) in [6, 6.07) is 27.7. The first-order chi connectivity index (χ1) is 16.7. The Morgan fingerprint density at radius 2 is 1.76 bits per heavy atom. The number of piperidine rings is 1. The van der Waals surface area contributed by atoms with Gasteiger partial charge >= 0.3 is 0 Å². The second kappa shape index (κ2) is 9.86. The Kier molecular flexibility index (Phi) is 6.33. The molecule has 5 heteroatoms. The summed E-state index contributed by atoms with van der Waals surface area (Å²) in [6.07, 6.45) is 5.67. The van der Waals surface area contributed by atoms with Gasteiger partial charge in [-0.3, -0.25) is 14.7 Å². The van der Waals surface area contributed by atoms with Gasteiger partial charge in [0.15, 0.2) is 0 Å². The van der Waals surface area contributed by atoms with Gasteiger partial charge in [0, 0.05) is 48.2 Å². The van der Waals surface area contributed by atoms with Crippen LogP contribution in [0.2, 0.25) is 0 Å². The van der Waals surface area contributed by atoms with Crippen LogP contribution in [0.3, 0.4) is 0 Å². The number of likely N-dealkylation sites (tertiary alicyclic amines) is 1. The molecular weight excluding hydrogens is 420 g/mol. The fraction of sp³-hybridized carbons (Fsp3) is 0.207. The van der Waals surface area contributed by atoms with Gasteiger partial charge in [-0.25, -0.2) is 0 Å². The maximum absolute atomic E-state index is 13.8. The molecule has 0 N–H and O–H groups in total. The molecule has 0 amide bonds. The van der Waals surface area contributed by atoms with Gasteiger partial charge in [0.1, 0.15) is 0 Å². The number of pyridine rings is 2. The first kappa shape index (κ1) is 21.8. The Bertz CT molecular complexity index is 1370. The Labute approximate surface area is 199 Å². The van der Waals surface area contributed by atoms with Gasteiger partial charge in [-0.15, -0.1) is 0 Å². The molecule has 0 spiro atoms. The number of nitriles is 1. The first-order valence-electron chi connectivity index (χ1n) is 11.7. The highest BCUT2D eigenvalue weighted by molar-refractivity contribution is 5.74. The second-order valence-electron chi connectivity index (χ2n) is 8.74. The lowest BCUT2D eigenvalue weighted by Crippen LogP contribution is -2.39. The van der Waals surface area contributed by atoms with Crippen LogP contribution in [-0.4, -0.2) is 27.5 Å². The minimum atomic E-state index is -0.0612. The van der Waals surface area contributed by atoms with Crippen molar-refractivity contribution < 1.29 is 0 Å². The third kappa shape index (κ3) is 4.54. The molecule has 2 aromatic heterocycles. The molecule has 0 radical (unpaired) electrons. The zero-order valence-corrected chi connectivity index (χ0v) is 19.0. The van der Waals surface area contributed by atoms with Crippen LogP contribution in [-0.2, 0) is 6.54 Å². The summed E-state index contributed by atoms with van der Waals surface area (Å²) in [5, 5.41) is 9.67. The van der Waals surface area contributed by atoms with Crippen LogP contribution in [0.1, 0.15) is 30.0 Å². The predicted octanol–water partition coefficient (Wildman–Crippen LogP) is 5.29. The quantitative estimate of drug-likeness (QED) is 0.418. The molecule has 4 aromatic rings. The smallest absolute Gasteiger partial charge is 0.258 e. The summed E-state index contributed by atoms with van der Waals surface area (Å²) >= 11 is 0. The minimum Gasteiger partial charge on any atom is -0.310 e. The third-order valence-electron chi connectivity index (χ3n) is 6.46. The summed E-state index contributed by atoms with van der Waals surface area (Å²) < 4.78 is 1.88. The van der Waals surface area contributed by atoms with E-state index in [9.17, 15) is 10.1 Å². The van der Waals surface area contributed by atoms with E-state index < -0.39 is 0 Å². The van der Waals surface area contributed by atoms with Crippen molar-refractivity contribution in [1.29, 1.82) is 5.26 Å². The van der Waals surface area contributed by atoms with E-state index in [2.05, 4.69) is 40.2 Å². The lowest BCUT2D eigenvalue weighted by molar-refractivity contribution is 0.168. The van der Waals surface area contributed by atoms with Crippen LogP contribution in [0.15, 0.2) is 96.1 Å². The molecule has 5 rings (SSSR count). The van der Waals surface area contributed by atoms with E-state index in [1.165, 1.54) is 5.56 Å². The molecule has 168 valence electrons. The maximum atomic E-state index is 13.8. The normalized spacial score (nSPS) is 16.1. The average Bonchev–Trinajstić information content (AvgIpc) is 2.90. The Hall–Kier alpha value is -4.01. The van der Waals surface area contributed by atoms with Crippen LogP contribution < -0.4 is 5.56 Å². The van der Waals surface area contributed by atoms with Crippen LogP contribution in [0.4, 0.5) is 0 Å². The fourth-order valence-corrected chi connectivity index (χ4v) is 4.80. The number of benzene rings is 2. The summed E-state index contributed by atoms with van der Waals surface area (Å²) in [5.41, 5.74) is 4.61. The molecule has 1 saturated heterocycles. The number of aromatic nitrogens is 2. The van der Waals surface area contributed by atoms with Crippen LogP contribution >= 0.6 is 0 Å². The van der Waals surface area contributed by atoms with E-state index in [4.69, 9.17) is 0 Å². The molecule has 5 nitrogen and oxygen atoms in total. The topological polar surface area (TPSA) is 61.9 Å². The van der Waals surface area contributed by atoms with Crippen molar-refractivity contribution in [1.82, 2.24) is 14.5 Å². The van der Waals surface area contributed by atoms with E-state index in [1.54, 1.807) is 12.3 Å².